The smallest absolute Gasteiger partial charge is 0.274 e. The SMILES string of the molecule is COc1cc2c(C=O)c(Cl)n(Cc3ccccc3[N+](=O)[O-])c2cc1C. The van der Waals surface area contributed by atoms with E-state index < -0.39 is 4.92 Å². The standard InChI is InChI=1S/C18H15ClN2O4/c1-11-7-16-13(8-17(11)25-2)14(10-22)18(19)20(16)9-12-5-3-4-6-15(12)21(23)24/h3-8,10H,9H2,1-2H3. The first-order chi connectivity index (χ1) is 12.0. The molecule has 0 saturated carbocycles. The van der Waals surface area contributed by atoms with E-state index in [-0.39, 0.29) is 17.4 Å². The number of methoxy groups -OCH3 is 1. The Morgan fingerprint density at radius 2 is 2.04 bits per heavy atom. The van der Waals surface area contributed by atoms with Crippen LogP contribution in [-0.2, 0) is 6.54 Å². The van der Waals surface area contributed by atoms with Crippen molar-refractivity contribution in [3.63, 3.8) is 0 Å². The summed E-state index contributed by atoms with van der Waals surface area (Å²) in [5.41, 5.74) is 2.47. The summed E-state index contributed by atoms with van der Waals surface area (Å²) in [5.74, 6) is 0.648. The summed E-state index contributed by atoms with van der Waals surface area (Å²) in [7, 11) is 1.56. The quantitative estimate of drug-likeness (QED) is 0.385. The number of hydrogen-bond acceptors (Lipinski definition) is 4. The number of carbonyl (C=O) groups is 1. The number of aryl methyl sites for hydroxylation is 1. The Bertz CT molecular complexity index is 994. The summed E-state index contributed by atoms with van der Waals surface area (Å²) in [6, 6.07) is 10.1. The van der Waals surface area contributed by atoms with Crippen molar-refractivity contribution in [1.82, 2.24) is 4.57 Å². The fraction of sp³-hybridized carbons (Fsp3) is 0.167. The van der Waals surface area contributed by atoms with Crippen LogP contribution in [0.3, 0.4) is 0 Å². The lowest BCUT2D eigenvalue weighted by Gasteiger charge is -2.10. The van der Waals surface area contributed by atoms with E-state index in [1.807, 2.05) is 13.0 Å². The number of hydrogen-bond donors (Lipinski definition) is 0. The third-order valence-electron chi connectivity index (χ3n) is 4.19. The molecule has 0 N–H and O–H groups in total. The molecule has 7 heteroatoms. The molecule has 0 radical (unpaired) electrons. The predicted octanol–water partition coefficient (Wildman–Crippen LogP) is 4.38. The van der Waals surface area contributed by atoms with E-state index in [1.54, 1.807) is 35.9 Å². The molecule has 1 aromatic heterocycles. The number of aldehydes is 1. The maximum Gasteiger partial charge on any atom is 0.274 e. The van der Waals surface area contributed by atoms with Crippen molar-refractivity contribution in [3.05, 3.63) is 68.4 Å². The summed E-state index contributed by atoms with van der Waals surface area (Å²) in [6.07, 6.45) is 0.690. The Morgan fingerprint density at radius 1 is 1.32 bits per heavy atom. The van der Waals surface area contributed by atoms with Gasteiger partial charge in [-0.1, -0.05) is 29.8 Å². The van der Waals surface area contributed by atoms with Gasteiger partial charge in [-0.3, -0.25) is 14.9 Å². The van der Waals surface area contributed by atoms with Crippen molar-refractivity contribution in [1.29, 1.82) is 0 Å². The van der Waals surface area contributed by atoms with Crippen LogP contribution in [-0.4, -0.2) is 22.9 Å². The molecule has 0 aliphatic rings. The lowest BCUT2D eigenvalue weighted by atomic mass is 10.1. The predicted molar refractivity (Wildman–Crippen MR) is 95.8 cm³/mol. The largest absolute Gasteiger partial charge is 0.496 e. The Hall–Kier alpha value is -2.86. The van der Waals surface area contributed by atoms with Crippen LogP contribution in [0.15, 0.2) is 36.4 Å². The van der Waals surface area contributed by atoms with E-state index in [9.17, 15) is 14.9 Å². The zero-order valence-electron chi connectivity index (χ0n) is 13.7. The fourth-order valence-electron chi connectivity index (χ4n) is 2.95. The van der Waals surface area contributed by atoms with E-state index in [4.69, 9.17) is 16.3 Å². The van der Waals surface area contributed by atoms with Gasteiger partial charge in [0.1, 0.15) is 10.9 Å². The van der Waals surface area contributed by atoms with Crippen molar-refractivity contribution in [2.75, 3.05) is 7.11 Å². The molecule has 0 amide bonds. The second-order valence-electron chi connectivity index (χ2n) is 5.63. The zero-order chi connectivity index (χ0) is 18.1. The Morgan fingerprint density at radius 3 is 2.68 bits per heavy atom. The summed E-state index contributed by atoms with van der Waals surface area (Å²) >= 11 is 6.40. The van der Waals surface area contributed by atoms with Crippen LogP contribution < -0.4 is 4.74 Å². The van der Waals surface area contributed by atoms with Gasteiger partial charge in [0.2, 0.25) is 0 Å². The average Bonchev–Trinajstić information content (AvgIpc) is 2.85. The fourth-order valence-corrected chi connectivity index (χ4v) is 3.25. The summed E-state index contributed by atoms with van der Waals surface area (Å²) in [4.78, 5) is 22.3. The summed E-state index contributed by atoms with van der Waals surface area (Å²) in [6.45, 7) is 2.07. The number of halogens is 1. The second kappa shape index (κ2) is 6.57. The minimum absolute atomic E-state index is 0.0123. The number of carbonyl (C=O) groups excluding carboxylic acids is 1. The summed E-state index contributed by atoms with van der Waals surface area (Å²) < 4.78 is 7.02. The van der Waals surface area contributed by atoms with Crippen molar-refractivity contribution in [2.45, 2.75) is 13.5 Å². The highest BCUT2D eigenvalue weighted by atomic mass is 35.5. The normalized spacial score (nSPS) is 10.8. The number of aromatic nitrogens is 1. The zero-order valence-corrected chi connectivity index (χ0v) is 14.4. The van der Waals surface area contributed by atoms with Crippen molar-refractivity contribution in [3.8, 4) is 5.75 Å². The van der Waals surface area contributed by atoms with Gasteiger partial charge in [0.05, 0.1) is 29.7 Å². The molecule has 0 aliphatic carbocycles. The molecule has 2 aromatic carbocycles. The van der Waals surface area contributed by atoms with Crippen molar-refractivity contribution < 1.29 is 14.5 Å². The lowest BCUT2D eigenvalue weighted by molar-refractivity contribution is -0.385. The van der Waals surface area contributed by atoms with Crippen LogP contribution in [0, 0.1) is 17.0 Å². The maximum absolute atomic E-state index is 11.5. The van der Waals surface area contributed by atoms with Gasteiger partial charge in [-0.05, 0) is 24.6 Å². The van der Waals surface area contributed by atoms with Crippen LogP contribution in [0.5, 0.6) is 5.75 Å². The minimum atomic E-state index is -0.427. The molecule has 6 nitrogen and oxygen atoms in total. The van der Waals surface area contributed by atoms with Crippen LogP contribution in [0.4, 0.5) is 5.69 Å². The van der Waals surface area contributed by atoms with Gasteiger partial charge in [-0.15, -0.1) is 0 Å². The number of fused-ring (bicyclic) bond motifs is 1. The molecule has 0 aliphatic heterocycles. The van der Waals surface area contributed by atoms with Crippen LogP contribution in [0.2, 0.25) is 5.15 Å². The highest BCUT2D eigenvalue weighted by Gasteiger charge is 2.20. The van der Waals surface area contributed by atoms with Crippen LogP contribution in [0.1, 0.15) is 21.5 Å². The molecule has 0 unspecified atom stereocenters. The average molecular weight is 359 g/mol. The highest BCUT2D eigenvalue weighted by molar-refractivity contribution is 6.34. The van der Waals surface area contributed by atoms with Gasteiger partial charge in [0, 0.05) is 17.0 Å². The molecule has 0 saturated heterocycles. The molecular formula is C18H15ClN2O4. The maximum atomic E-state index is 11.5. The molecule has 3 aromatic rings. The van der Waals surface area contributed by atoms with Gasteiger partial charge >= 0.3 is 0 Å². The molecule has 1 heterocycles. The van der Waals surface area contributed by atoms with Gasteiger partial charge in [-0.2, -0.15) is 0 Å². The van der Waals surface area contributed by atoms with E-state index in [0.717, 1.165) is 11.1 Å². The monoisotopic (exact) mass is 358 g/mol. The van der Waals surface area contributed by atoms with Gasteiger partial charge < -0.3 is 9.30 Å². The van der Waals surface area contributed by atoms with Gasteiger partial charge in [-0.25, -0.2) is 0 Å². The number of nitro groups is 1. The molecule has 25 heavy (non-hydrogen) atoms. The highest BCUT2D eigenvalue weighted by Crippen LogP contribution is 2.35. The number of rotatable bonds is 5. The lowest BCUT2D eigenvalue weighted by Crippen LogP contribution is -2.03. The summed E-state index contributed by atoms with van der Waals surface area (Å²) in [5, 5.41) is 12.1. The Kier molecular flexibility index (Phi) is 4.46. The van der Waals surface area contributed by atoms with Crippen molar-refractivity contribution in [2.24, 2.45) is 0 Å². The topological polar surface area (TPSA) is 74.4 Å². The molecule has 0 atom stereocenters. The van der Waals surface area contributed by atoms with Gasteiger partial charge in [0.15, 0.2) is 6.29 Å². The number of nitrogens with zero attached hydrogens (tertiary/aromatic N) is 2. The van der Waals surface area contributed by atoms with Gasteiger partial charge in [0.25, 0.3) is 5.69 Å². The molecule has 0 fully saturated rings. The first kappa shape index (κ1) is 17.0. The molecule has 128 valence electrons. The third-order valence-corrected chi connectivity index (χ3v) is 4.60. The van der Waals surface area contributed by atoms with E-state index in [2.05, 4.69) is 0 Å². The first-order valence-corrected chi connectivity index (χ1v) is 7.89. The number of benzene rings is 2. The Balaban J connectivity index is 2.23. The number of ether oxygens (including phenoxy) is 1. The minimum Gasteiger partial charge on any atom is -0.496 e. The number of para-hydroxylation sites is 1. The number of nitro benzene ring substituents is 1. The van der Waals surface area contributed by atoms with Crippen molar-refractivity contribution >= 4 is 34.5 Å². The van der Waals surface area contributed by atoms with E-state index in [1.165, 1.54) is 6.07 Å². The molecule has 0 bridgehead atoms. The molecular weight excluding hydrogens is 344 g/mol. The molecule has 3 rings (SSSR count). The van der Waals surface area contributed by atoms with Crippen LogP contribution >= 0.6 is 11.6 Å². The first-order valence-electron chi connectivity index (χ1n) is 7.51. The van der Waals surface area contributed by atoms with E-state index in [0.29, 0.717) is 28.5 Å². The molecule has 0 spiro atoms. The second-order valence-corrected chi connectivity index (χ2v) is 5.99. The third kappa shape index (κ3) is 2.85. The van der Waals surface area contributed by atoms with Crippen LogP contribution in [0.25, 0.3) is 10.9 Å². The Labute approximate surface area is 148 Å². The van der Waals surface area contributed by atoms with E-state index >= 15 is 0 Å².